The lowest BCUT2D eigenvalue weighted by atomic mass is 9.79. The quantitative estimate of drug-likeness (QED) is 0.658. The van der Waals surface area contributed by atoms with Crippen molar-refractivity contribution in [2.24, 2.45) is 0 Å². The molecule has 1 unspecified atom stereocenters. The molecule has 1 aromatic heterocycles. The minimum Gasteiger partial charge on any atom is -0.352 e. The lowest BCUT2D eigenvalue weighted by Gasteiger charge is -2.32. The molecule has 0 bridgehead atoms. The van der Waals surface area contributed by atoms with Crippen molar-refractivity contribution >= 4 is 40.5 Å². The number of nitrogens with one attached hydrogen (secondary N) is 2. The van der Waals surface area contributed by atoms with Gasteiger partial charge in [-0.1, -0.05) is 35.5 Å². The second-order valence-electron chi connectivity index (χ2n) is 7.75. The van der Waals surface area contributed by atoms with Crippen molar-refractivity contribution in [1.29, 1.82) is 5.26 Å². The number of thiophene rings is 1. The fourth-order valence-corrected chi connectivity index (χ4v) is 5.76. The van der Waals surface area contributed by atoms with E-state index in [9.17, 15) is 14.9 Å². The van der Waals surface area contributed by atoms with Gasteiger partial charge < -0.3 is 10.6 Å². The highest BCUT2D eigenvalue weighted by Gasteiger charge is 2.37. The van der Waals surface area contributed by atoms with Gasteiger partial charge >= 0.3 is 0 Å². The molecule has 0 fully saturated rings. The van der Waals surface area contributed by atoms with Crippen molar-refractivity contribution < 1.29 is 9.59 Å². The molecule has 7 heteroatoms. The van der Waals surface area contributed by atoms with E-state index in [1.54, 1.807) is 11.3 Å². The van der Waals surface area contributed by atoms with Gasteiger partial charge in [0.2, 0.25) is 5.91 Å². The zero-order valence-electron chi connectivity index (χ0n) is 17.5. The topological polar surface area (TPSA) is 82.0 Å². The summed E-state index contributed by atoms with van der Waals surface area (Å²) in [5.41, 5.74) is 5.08. The molecule has 0 spiro atoms. The van der Waals surface area contributed by atoms with Crippen molar-refractivity contribution in [2.75, 3.05) is 11.1 Å². The smallest absolute Gasteiger partial charge is 0.234 e. The molecule has 5 nitrogen and oxygen atoms in total. The number of carbonyl (C=O) groups excluding carboxylic acids is 2. The average Bonchev–Trinajstić information content (AvgIpc) is 3.28. The second kappa shape index (κ2) is 9.13. The van der Waals surface area contributed by atoms with Crippen molar-refractivity contribution in [3.8, 4) is 6.07 Å². The molecule has 1 atom stereocenters. The molecule has 2 N–H and O–H groups in total. The van der Waals surface area contributed by atoms with Gasteiger partial charge in [-0.05, 0) is 49.8 Å². The van der Waals surface area contributed by atoms with E-state index in [1.807, 2.05) is 49.6 Å². The van der Waals surface area contributed by atoms with Crippen LogP contribution >= 0.6 is 23.1 Å². The highest BCUT2D eigenvalue weighted by atomic mass is 32.2. The Morgan fingerprint density at radius 2 is 2.16 bits per heavy atom. The van der Waals surface area contributed by atoms with Crippen LogP contribution in [-0.2, 0) is 9.59 Å². The van der Waals surface area contributed by atoms with Gasteiger partial charge in [-0.2, -0.15) is 5.26 Å². The van der Waals surface area contributed by atoms with E-state index in [1.165, 1.54) is 11.8 Å². The Morgan fingerprint density at radius 3 is 2.87 bits per heavy atom. The summed E-state index contributed by atoms with van der Waals surface area (Å²) in [6, 6.07) is 12.1. The average molecular weight is 450 g/mol. The number of rotatable bonds is 5. The number of hydrogen-bond acceptors (Lipinski definition) is 6. The van der Waals surface area contributed by atoms with Gasteiger partial charge in [0.15, 0.2) is 5.78 Å². The minimum absolute atomic E-state index is 0.108. The standard InChI is InChI=1S/C24H23N3O2S2/c1-14-8-9-17(15(2)11-14)26-21(29)13-31-24-16(12-25)22(20-7-4-10-30-20)23-18(27-24)5-3-6-19(23)28/h4,7-11,22,27H,3,5-6,13H2,1-2H3,(H,26,29). The number of thioether (sulfide) groups is 1. The Kier molecular flexibility index (Phi) is 6.30. The molecule has 0 saturated heterocycles. The van der Waals surface area contributed by atoms with Crippen molar-refractivity contribution in [3.05, 3.63) is 73.6 Å². The van der Waals surface area contributed by atoms with E-state index in [-0.39, 0.29) is 23.4 Å². The van der Waals surface area contributed by atoms with Crippen LogP contribution in [0.4, 0.5) is 5.69 Å². The van der Waals surface area contributed by atoms with Crippen LogP contribution in [0.25, 0.3) is 0 Å². The SMILES string of the molecule is Cc1ccc(NC(=O)CSC2=C(C#N)C(c3cccs3)C3=C(CCCC3=O)N2)c(C)c1. The van der Waals surface area contributed by atoms with E-state index in [0.29, 0.717) is 22.6 Å². The summed E-state index contributed by atoms with van der Waals surface area (Å²) < 4.78 is 0. The monoisotopic (exact) mass is 449 g/mol. The van der Waals surface area contributed by atoms with E-state index in [4.69, 9.17) is 0 Å². The summed E-state index contributed by atoms with van der Waals surface area (Å²) >= 11 is 2.87. The normalized spacial score (nSPS) is 18.4. The van der Waals surface area contributed by atoms with E-state index in [2.05, 4.69) is 16.7 Å². The van der Waals surface area contributed by atoms with Gasteiger partial charge in [-0.25, -0.2) is 0 Å². The summed E-state index contributed by atoms with van der Waals surface area (Å²) in [6.45, 7) is 3.98. The number of hydrogen-bond donors (Lipinski definition) is 2. The summed E-state index contributed by atoms with van der Waals surface area (Å²) in [5, 5.41) is 18.9. The number of nitrogens with zero attached hydrogens (tertiary/aromatic N) is 1. The highest BCUT2D eigenvalue weighted by Crippen LogP contribution is 2.45. The predicted molar refractivity (Wildman–Crippen MR) is 126 cm³/mol. The first-order valence-electron chi connectivity index (χ1n) is 10.2. The Morgan fingerprint density at radius 1 is 1.32 bits per heavy atom. The number of aryl methyl sites for hydroxylation is 2. The number of benzene rings is 1. The van der Waals surface area contributed by atoms with Crippen LogP contribution in [0.15, 0.2) is 57.6 Å². The van der Waals surface area contributed by atoms with E-state index >= 15 is 0 Å². The summed E-state index contributed by atoms with van der Waals surface area (Å²) in [6.07, 6.45) is 2.09. The molecule has 0 radical (unpaired) electrons. The third-order valence-corrected chi connectivity index (χ3v) is 7.45. The van der Waals surface area contributed by atoms with Crippen LogP contribution in [0.3, 0.4) is 0 Å². The van der Waals surface area contributed by atoms with Crippen LogP contribution in [0.5, 0.6) is 0 Å². The Labute approximate surface area is 190 Å². The lowest BCUT2D eigenvalue weighted by Crippen LogP contribution is -2.31. The Hall–Kier alpha value is -2.82. The van der Waals surface area contributed by atoms with Gasteiger partial charge in [0.25, 0.3) is 0 Å². The van der Waals surface area contributed by atoms with Crippen LogP contribution in [0, 0.1) is 25.2 Å². The number of carbonyl (C=O) groups is 2. The molecule has 2 heterocycles. The molecule has 4 rings (SSSR count). The van der Waals surface area contributed by atoms with E-state index < -0.39 is 0 Å². The van der Waals surface area contributed by atoms with Crippen molar-refractivity contribution in [2.45, 2.75) is 39.0 Å². The maximum Gasteiger partial charge on any atom is 0.234 e. The fourth-order valence-electron chi connectivity index (χ4n) is 4.06. The maximum atomic E-state index is 12.7. The molecule has 1 aliphatic heterocycles. The number of ketones is 1. The number of allylic oxidation sites excluding steroid dienone is 3. The fraction of sp³-hybridized carbons (Fsp3) is 0.292. The highest BCUT2D eigenvalue weighted by molar-refractivity contribution is 8.03. The molecule has 0 saturated carbocycles. The zero-order valence-corrected chi connectivity index (χ0v) is 19.1. The second-order valence-corrected chi connectivity index (χ2v) is 9.72. The minimum atomic E-state index is -0.348. The van der Waals surface area contributed by atoms with Gasteiger partial charge in [0, 0.05) is 28.3 Å². The van der Waals surface area contributed by atoms with Gasteiger partial charge in [-0.3, -0.25) is 9.59 Å². The lowest BCUT2D eigenvalue weighted by molar-refractivity contribution is -0.116. The molecule has 1 aliphatic carbocycles. The number of amides is 1. The van der Waals surface area contributed by atoms with Crippen LogP contribution < -0.4 is 10.6 Å². The first kappa shape index (κ1) is 21.4. The molecule has 158 valence electrons. The molecule has 31 heavy (non-hydrogen) atoms. The number of anilines is 1. The third kappa shape index (κ3) is 4.46. The van der Waals surface area contributed by atoms with Crippen LogP contribution in [-0.4, -0.2) is 17.4 Å². The van der Waals surface area contributed by atoms with Gasteiger partial charge in [-0.15, -0.1) is 11.3 Å². The summed E-state index contributed by atoms with van der Waals surface area (Å²) in [4.78, 5) is 26.3. The molecule has 1 amide bonds. The van der Waals surface area contributed by atoms with Crippen LogP contribution in [0.1, 0.15) is 41.2 Å². The number of Topliss-reactive ketones (excluding diaryl/α,β-unsaturated/α-hetero) is 1. The third-order valence-electron chi connectivity index (χ3n) is 5.49. The molecule has 1 aromatic carbocycles. The molecule has 2 aromatic rings. The first-order chi connectivity index (χ1) is 15.0. The molecular weight excluding hydrogens is 426 g/mol. The Balaban J connectivity index is 1.57. The molecular formula is C24H23N3O2S2. The zero-order chi connectivity index (χ0) is 22.0. The van der Waals surface area contributed by atoms with E-state index in [0.717, 1.165) is 40.2 Å². The van der Waals surface area contributed by atoms with Crippen molar-refractivity contribution in [1.82, 2.24) is 5.32 Å². The van der Waals surface area contributed by atoms with Crippen molar-refractivity contribution in [3.63, 3.8) is 0 Å². The number of nitriles is 1. The largest absolute Gasteiger partial charge is 0.352 e. The summed E-state index contributed by atoms with van der Waals surface area (Å²) in [7, 11) is 0. The summed E-state index contributed by atoms with van der Waals surface area (Å²) in [5.74, 6) is -0.194. The van der Waals surface area contributed by atoms with Crippen LogP contribution in [0.2, 0.25) is 0 Å². The predicted octanol–water partition coefficient (Wildman–Crippen LogP) is 5.17. The first-order valence-corrected chi connectivity index (χ1v) is 12.0. The molecule has 2 aliphatic rings. The Bertz CT molecular complexity index is 1140. The maximum absolute atomic E-state index is 12.7. The number of dihydropyridines is 1. The van der Waals surface area contributed by atoms with Gasteiger partial charge in [0.05, 0.1) is 28.3 Å². The van der Waals surface area contributed by atoms with Gasteiger partial charge in [0.1, 0.15) is 0 Å².